The Morgan fingerprint density at radius 3 is 2.50 bits per heavy atom. The molecule has 0 aromatic heterocycles. The highest BCUT2D eigenvalue weighted by molar-refractivity contribution is 6.30. The summed E-state index contributed by atoms with van der Waals surface area (Å²) in [6.45, 7) is -0.315. The van der Waals surface area contributed by atoms with E-state index in [1.165, 1.54) is 12.2 Å². The predicted octanol–water partition coefficient (Wildman–Crippen LogP) is 1.66. The highest BCUT2D eigenvalue weighted by Crippen LogP contribution is 2.14. The van der Waals surface area contributed by atoms with Crippen molar-refractivity contribution in [2.45, 2.75) is 0 Å². The van der Waals surface area contributed by atoms with Crippen LogP contribution in [0.5, 0.6) is 0 Å². The molecule has 0 saturated carbocycles. The zero-order chi connectivity index (χ0) is 13.1. The molecule has 0 aliphatic carbocycles. The van der Waals surface area contributed by atoms with Gasteiger partial charge in [0.2, 0.25) is 0 Å². The van der Waals surface area contributed by atoms with Crippen molar-refractivity contribution in [3.05, 3.63) is 40.9 Å². The summed E-state index contributed by atoms with van der Waals surface area (Å²) in [6.07, 6.45) is 2.73. The van der Waals surface area contributed by atoms with Crippen LogP contribution >= 0.6 is 11.6 Å². The van der Waals surface area contributed by atoms with Crippen molar-refractivity contribution in [3.63, 3.8) is 0 Å². The number of hydrogen-bond donors (Lipinski definition) is 0. The van der Waals surface area contributed by atoms with Crippen molar-refractivity contribution in [1.29, 1.82) is 0 Å². The third-order valence-corrected chi connectivity index (χ3v) is 2.76. The fourth-order valence-electron chi connectivity index (χ4n) is 1.56. The minimum Gasteiger partial charge on any atom is -0.457 e. The standard InChI is InChI=1S/C13H9ClO4/c14-9-4-1-8(2-5-9)3-6-10(15)12-11(16)7-18-13(12)17/h1-6,12H,7H2. The van der Waals surface area contributed by atoms with Crippen LogP contribution in [-0.2, 0) is 19.1 Å². The Bertz CT molecular complexity index is 514. The third-order valence-electron chi connectivity index (χ3n) is 2.51. The second-order valence-corrected chi connectivity index (χ2v) is 4.23. The molecule has 0 spiro atoms. The van der Waals surface area contributed by atoms with Crippen molar-refractivity contribution in [2.24, 2.45) is 5.92 Å². The van der Waals surface area contributed by atoms with Gasteiger partial charge in [0.15, 0.2) is 24.1 Å². The van der Waals surface area contributed by atoms with Crippen molar-refractivity contribution in [3.8, 4) is 0 Å². The molecule has 1 saturated heterocycles. The van der Waals surface area contributed by atoms with Gasteiger partial charge >= 0.3 is 5.97 Å². The third kappa shape index (κ3) is 2.65. The highest BCUT2D eigenvalue weighted by Gasteiger charge is 2.39. The number of carbonyl (C=O) groups is 3. The first-order valence-electron chi connectivity index (χ1n) is 5.25. The minimum absolute atomic E-state index is 0.315. The number of hydrogen-bond acceptors (Lipinski definition) is 4. The number of cyclic esters (lactones) is 1. The van der Waals surface area contributed by atoms with Gasteiger partial charge in [0.1, 0.15) is 0 Å². The smallest absolute Gasteiger partial charge is 0.325 e. The van der Waals surface area contributed by atoms with Crippen LogP contribution in [0.15, 0.2) is 30.3 Å². The van der Waals surface area contributed by atoms with Gasteiger partial charge in [-0.2, -0.15) is 0 Å². The number of halogens is 1. The van der Waals surface area contributed by atoms with Crippen molar-refractivity contribution >= 4 is 35.2 Å². The fraction of sp³-hybridized carbons (Fsp3) is 0.154. The Balaban J connectivity index is 2.09. The van der Waals surface area contributed by atoms with Crippen LogP contribution in [0.1, 0.15) is 5.56 Å². The number of rotatable bonds is 3. The number of carbonyl (C=O) groups excluding carboxylic acids is 3. The molecule has 0 radical (unpaired) electrons. The van der Waals surface area contributed by atoms with Gasteiger partial charge in [-0.3, -0.25) is 14.4 Å². The Morgan fingerprint density at radius 1 is 1.28 bits per heavy atom. The maximum atomic E-state index is 11.7. The van der Waals surface area contributed by atoms with E-state index in [4.69, 9.17) is 11.6 Å². The Hall–Kier alpha value is -1.94. The summed E-state index contributed by atoms with van der Waals surface area (Å²) in [4.78, 5) is 34.1. The molecule has 0 amide bonds. The first kappa shape index (κ1) is 12.5. The van der Waals surface area contributed by atoms with Gasteiger partial charge in [0.05, 0.1) is 0 Å². The van der Waals surface area contributed by atoms with E-state index in [9.17, 15) is 14.4 Å². The first-order chi connectivity index (χ1) is 8.58. The molecule has 1 aliphatic rings. The SMILES string of the molecule is O=C(C=Cc1ccc(Cl)cc1)C1C(=O)COC1=O. The molecule has 1 aromatic rings. The summed E-state index contributed by atoms with van der Waals surface area (Å²) in [6, 6.07) is 6.81. The number of esters is 1. The summed E-state index contributed by atoms with van der Waals surface area (Å²) in [5.74, 6) is -3.12. The number of allylic oxidation sites excluding steroid dienone is 1. The molecule has 4 nitrogen and oxygen atoms in total. The molecule has 1 unspecified atom stereocenters. The average molecular weight is 265 g/mol. The largest absolute Gasteiger partial charge is 0.457 e. The molecular formula is C13H9ClO4. The maximum absolute atomic E-state index is 11.7. The number of ether oxygens (including phenoxy) is 1. The lowest BCUT2D eigenvalue weighted by Crippen LogP contribution is -2.23. The van der Waals surface area contributed by atoms with E-state index in [1.807, 2.05) is 0 Å². The van der Waals surface area contributed by atoms with Crippen LogP contribution in [0, 0.1) is 5.92 Å². The molecular weight excluding hydrogens is 256 g/mol. The van der Waals surface area contributed by atoms with E-state index in [0.29, 0.717) is 5.02 Å². The second-order valence-electron chi connectivity index (χ2n) is 3.79. The van der Waals surface area contributed by atoms with Crippen LogP contribution in [0.4, 0.5) is 0 Å². The van der Waals surface area contributed by atoms with Crippen LogP contribution in [0.2, 0.25) is 5.02 Å². The van der Waals surface area contributed by atoms with Gasteiger partial charge in [-0.1, -0.05) is 29.8 Å². The van der Waals surface area contributed by atoms with E-state index in [0.717, 1.165) is 5.56 Å². The molecule has 1 heterocycles. The molecule has 92 valence electrons. The zero-order valence-electron chi connectivity index (χ0n) is 9.26. The number of ketones is 2. The first-order valence-corrected chi connectivity index (χ1v) is 5.62. The summed E-state index contributed by atoms with van der Waals surface area (Å²) in [5, 5.41) is 0.591. The molecule has 2 rings (SSSR count). The van der Waals surface area contributed by atoms with Crippen LogP contribution in [0.25, 0.3) is 6.08 Å². The van der Waals surface area contributed by atoms with E-state index < -0.39 is 23.5 Å². The fourth-order valence-corrected chi connectivity index (χ4v) is 1.69. The van der Waals surface area contributed by atoms with Gasteiger partial charge in [-0.15, -0.1) is 0 Å². The molecule has 0 N–H and O–H groups in total. The quantitative estimate of drug-likeness (QED) is 0.473. The van der Waals surface area contributed by atoms with Gasteiger partial charge in [0.25, 0.3) is 0 Å². The van der Waals surface area contributed by atoms with Crippen LogP contribution in [-0.4, -0.2) is 24.1 Å². The molecule has 1 aliphatic heterocycles. The summed E-state index contributed by atoms with van der Waals surface area (Å²) in [5.41, 5.74) is 0.756. The number of benzene rings is 1. The molecule has 18 heavy (non-hydrogen) atoms. The van der Waals surface area contributed by atoms with Crippen molar-refractivity contribution in [2.75, 3.05) is 6.61 Å². The van der Waals surface area contributed by atoms with Gasteiger partial charge in [-0.05, 0) is 23.8 Å². The summed E-state index contributed by atoms with van der Waals surface area (Å²) >= 11 is 5.72. The molecule has 1 atom stereocenters. The molecule has 0 bridgehead atoms. The zero-order valence-corrected chi connectivity index (χ0v) is 10.0. The van der Waals surface area contributed by atoms with Crippen molar-refractivity contribution in [1.82, 2.24) is 0 Å². The Labute approximate surface area is 108 Å². The van der Waals surface area contributed by atoms with Gasteiger partial charge in [-0.25, -0.2) is 0 Å². The van der Waals surface area contributed by atoms with E-state index in [-0.39, 0.29) is 6.61 Å². The van der Waals surface area contributed by atoms with Gasteiger partial charge < -0.3 is 4.74 Å². The topological polar surface area (TPSA) is 60.4 Å². The minimum atomic E-state index is -1.30. The lowest BCUT2D eigenvalue weighted by molar-refractivity contribution is -0.143. The second kappa shape index (κ2) is 5.14. The van der Waals surface area contributed by atoms with E-state index >= 15 is 0 Å². The summed E-state index contributed by atoms with van der Waals surface area (Å²) in [7, 11) is 0. The van der Waals surface area contributed by atoms with Crippen LogP contribution < -0.4 is 0 Å². The van der Waals surface area contributed by atoms with E-state index in [1.54, 1.807) is 24.3 Å². The van der Waals surface area contributed by atoms with Crippen LogP contribution in [0.3, 0.4) is 0 Å². The normalized spacial score (nSPS) is 19.3. The molecule has 1 fully saturated rings. The van der Waals surface area contributed by atoms with Gasteiger partial charge in [0, 0.05) is 5.02 Å². The lowest BCUT2D eigenvalue weighted by Gasteiger charge is -1.98. The van der Waals surface area contributed by atoms with E-state index in [2.05, 4.69) is 4.74 Å². The monoisotopic (exact) mass is 264 g/mol. The Morgan fingerprint density at radius 2 is 1.94 bits per heavy atom. The number of Topliss-reactive ketones (excluding diaryl/α,β-unsaturated/α-hetero) is 1. The predicted molar refractivity (Wildman–Crippen MR) is 64.9 cm³/mol. The Kier molecular flexibility index (Phi) is 3.58. The average Bonchev–Trinajstić information content (AvgIpc) is 2.68. The molecule has 1 aromatic carbocycles. The summed E-state index contributed by atoms with van der Waals surface area (Å²) < 4.78 is 4.51. The highest BCUT2D eigenvalue weighted by atomic mass is 35.5. The van der Waals surface area contributed by atoms with Crippen molar-refractivity contribution < 1.29 is 19.1 Å². The molecule has 5 heteroatoms. The maximum Gasteiger partial charge on any atom is 0.325 e. The lowest BCUT2D eigenvalue weighted by atomic mass is 10.0.